The molecule has 28 heavy (non-hydrogen) atoms. The fourth-order valence-electron chi connectivity index (χ4n) is 3.10. The number of halogens is 1. The van der Waals surface area contributed by atoms with Crippen LogP contribution in [-0.2, 0) is 17.8 Å². The topological polar surface area (TPSA) is 58.1 Å². The van der Waals surface area contributed by atoms with Gasteiger partial charge >= 0.3 is 0 Å². The van der Waals surface area contributed by atoms with Crippen molar-refractivity contribution < 1.29 is 9.47 Å². The molecule has 0 aromatic heterocycles. The molecule has 0 amide bonds. The number of nitrogens with zero attached hydrogens (tertiary/aromatic N) is 2. The summed E-state index contributed by atoms with van der Waals surface area (Å²) in [7, 11) is 3.46. The number of nitrogens with one attached hydrogen (secondary N) is 2. The molecule has 0 atom stereocenters. The zero-order chi connectivity index (χ0) is 18.9. The number of morpholine rings is 1. The molecular weight excluding hydrogens is 467 g/mol. The first-order valence-electron chi connectivity index (χ1n) is 9.28. The molecule has 1 aliphatic heterocycles. The van der Waals surface area contributed by atoms with Gasteiger partial charge in [-0.15, -0.1) is 24.0 Å². The number of para-hydroxylation sites is 1. The predicted octanol–water partition coefficient (Wildman–Crippen LogP) is 3.02. The van der Waals surface area contributed by atoms with Gasteiger partial charge in [0.1, 0.15) is 5.75 Å². The van der Waals surface area contributed by atoms with Crippen LogP contribution in [0.1, 0.15) is 11.1 Å². The zero-order valence-corrected chi connectivity index (χ0v) is 18.8. The van der Waals surface area contributed by atoms with Crippen molar-refractivity contribution in [2.24, 2.45) is 4.99 Å². The van der Waals surface area contributed by atoms with Crippen LogP contribution in [0.25, 0.3) is 0 Å². The summed E-state index contributed by atoms with van der Waals surface area (Å²) in [6.07, 6.45) is 0. The van der Waals surface area contributed by atoms with Crippen molar-refractivity contribution in [1.29, 1.82) is 0 Å². The van der Waals surface area contributed by atoms with Crippen LogP contribution in [0, 0.1) is 0 Å². The first kappa shape index (κ1) is 22.3. The Morgan fingerprint density at radius 2 is 1.71 bits per heavy atom. The molecular formula is C21H29IN4O2. The number of hydrogen-bond acceptors (Lipinski definition) is 4. The highest BCUT2D eigenvalue weighted by molar-refractivity contribution is 14.0. The average Bonchev–Trinajstić information content (AvgIpc) is 2.75. The van der Waals surface area contributed by atoms with Gasteiger partial charge in [0.05, 0.1) is 20.3 Å². The lowest BCUT2D eigenvalue weighted by atomic mass is 10.1. The van der Waals surface area contributed by atoms with Crippen molar-refractivity contribution in [1.82, 2.24) is 10.6 Å². The number of methoxy groups -OCH3 is 1. The number of hydrogen-bond donors (Lipinski definition) is 2. The third-order valence-electron chi connectivity index (χ3n) is 4.63. The maximum atomic E-state index is 5.47. The molecule has 0 spiro atoms. The standard InChI is InChI=1S/C21H28N4O2.HI/c1-22-21(23-15-17-7-9-19(26-2)10-8-17)24-16-18-5-3-4-6-20(18)25-11-13-27-14-12-25;/h3-10H,11-16H2,1-2H3,(H2,22,23,24);1H. The van der Waals surface area contributed by atoms with Gasteiger partial charge in [0, 0.05) is 38.9 Å². The van der Waals surface area contributed by atoms with Gasteiger partial charge in [0.25, 0.3) is 0 Å². The lowest BCUT2D eigenvalue weighted by Crippen LogP contribution is -2.38. The van der Waals surface area contributed by atoms with Crippen LogP contribution in [-0.4, -0.2) is 46.4 Å². The monoisotopic (exact) mass is 496 g/mol. The minimum absolute atomic E-state index is 0. The van der Waals surface area contributed by atoms with Gasteiger partial charge in [-0.3, -0.25) is 4.99 Å². The minimum atomic E-state index is 0. The van der Waals surface area contributed by atoms with Crippen LogP contribution >= 0.6 is 24.0 Å². The first-order chi connectivity index (χ1) is 13.3. The normalized spacial score (nSPS) is 14.2. The SMILES string of the molecule is CN=C(NCc1ccc(OC)cc1)NCc1ccccc1N1CCOCC1.I. The highest BCUT2D eigenvalue weighted by Crippen LogP contribution is 2.21. The van der Waals surface area contributed by atoms with Gasteiger partial charge in [0.2, 0.25) is 0 Å². The number of guanidine groups is 1. The van der Waals surface area contributed by atoms with Crippen molar-refractivity contribution in [3.05, 3.63) is 59.7 Å². The highest BCUT2D eigenvalue weighted by Gasteiger charge is 2.14. The second kappa shape index (κ2) is 11.8. The van der Waals surface area contributed by atoms with Gasteiger partial charge in [-0.05, 0) is 29.3 Å². The Hall–Kier alpha value is -2.00. The van der Waals surface area contributed by atoms with Crippen LogP contribution in [0.15, 0.2) is 53.5 Å². The van der Waals surface area contributed by atoms with Crippen molar-refractivity contribution in [2.45, 2.75) is 13.1 Å². The lowest BCUT2D eigenvalue weighted by Gasteiger charge is -2.30. The predicted molar refractivity (Wildman–Crippen MR) is 125 cm³/mol. The summed E-state index contributed by atoms with van der Waals surface area (Å²) in [4.78, 5) is 6.71. The van der Waals surface area contributed by atoms with E-state index < -0.39 is 0 Å². The molecule has 0 aliphatic carbocycles. The molecule has 1 aliphatic rings. The Labute approximate surface area is 184 Å². The Kier molecular flexibility index (Phi) is 9.36. The molecule has 1 fully saturated rings. The first-order valence-corrected chi connectivity index (χ1v) is 9.28. The third-order valence-corrected chi connectivity index (χ3v) is 4.63. The van der Waals surface area contributed by atoms with Crippen LogP contribution in [0.3, 0.4) is 0 Å². The number of aliphatic imine (C=N–C) groups is 1. The number of ether oxygens (including phenoxy) is 2. The van der Waals surface area contributed by atoms with Crippen LogP contribution in [0.5, 0.6) is 5.75 Å². The molecule has 3 rings (SSSR count). The molecule has 2 N–H and O–H groups in total. The van der Waals surface area contributed by atoms with E-state index in [4.69, 9.17) is 9.47 Å². The highest BCUT2D eigenvalue weighted by atomic mass is 127. The second-order valence-corrected chi connectivity index (χ2v) is 6.36. The van der Waals surface area contributed by atoms with E-state index in [0.29, 0.717) is 6.54 Å². The van der Waals surface area contributed by atoms with Gasteiger partial charge in [-0.25, -0.2) is 0 Å². The number of anilines is 1. The van der Waals surface area contributed by atoms with Crippen LogP contribution in [0.4, 0.5) is 5.69 Å². The van der Waals surface area contributed by atoms with E-state index in [9.17, 15) is 0 Å². The molecule has 0 unspecified atom stereocenters. The Bertz CT molecular complexity index is 746. The zero-order valence-electron chi connectivity index (χ0n) is 16.5. The van der Waals surface area contributed by atoms with Crippen LogP contribution in [0.2, 0.25) is 0 Å². The summed E-state index contributed by atoms with van der Waals surface area (Å²) in [6.45, 7) is 4.85. The molecule has 1 heterocycles. The molecule has 0 bridgehead atoms. The molecule has 2 aromatic carbocycles. The maximum Gasteiger partial charge on any atom is 0.191 e. The average molecular weight is 496 g/mol. The van der Waals surface area contributed by atoms with Gasteiger partial charge < -0.3 is 25.0 Å². The molecule has 7 heteroatoms. The number of benzene rings is 2. The second-order valence-electron chi connectivity index (χ2n) is 6.36. The summed E-state index contributed by atoms with van der Waals surface area (Å²) in [5, 5.41) is 6.77. The molecule has 0 saturated carbocycles. The fraction of sp³-hybridized carbons (Fsp3) is 0.381. The Morgan fingerprint density at radius 1 is 1.04 bits per heavy atom. The molecule has 2 aromatic rings. The van der Waals surface area contributed by atoms with E-state index in [-0.39, 0.29) is 24.0 Å². The summed E-state index contributed by atoms with van der Waals surface area (Å²) in [5.41, 5.74) is 3.69. The summed E-state index contributed by atoms with van der Waals surface area (Å²) in [6, 6.07) is 16.5. The summed E-state index contributed by atoms with van der Waals surface area (Å²) >= 11 is 0. The lowest BCUT2D eigenvalue weighted by molar-refractivity contribution is 0.122. The molecule has 1 saturated heterocycles. The summed E-state index contributed by atoms with van der Waals surface area (Å²) in [5.74, 6) is 1.64. The van der Waals surface area contributed by atoms with Gasteiger partial charge in [-0.2, -0.15) is 0 Å². The van der Waals surface area contributed by atoms with E-state index in [1.54, 1.807) is 14.2 Å². The maximum absolute atomic E-state index is 5.47. The molecule has 152 valence electrons. The smallest absolute Gasteiger partial charge is 0.191 e. The van der Waals surface area contributed by atoms with E-state index in [1.165, 1.54) is 16.8 Å². The third kappa shape index (κ3) is 6.27. The van der Waals surface area contributed by atoms with E-state index in [1.807, 2.05) is 24.3 Å². The van der Waals surface area contributed by atoms with Crippen LogP contribution < -0.4 is 20.3 Å². The van der Waals surface area contributed by atoms with Gasteiger partial charge in [-0.1, -0.05) is 30.3 Å². The fourth-order valence-corrected chi connectivity index (χ4v) is 3.10. The van der Waals surface area contributed by atoms with E-state index in [2.05, 4.69) is 44.8 Å². The Morgan fingerprint density at radius 3 is 2.39 bits per heavy atom. The van der Waals surface area contributed by atoms with E-state index >= 15 is 0 Å². The number of rotatable bonds is 6. The van der Waals surface area contributed by atoms with Crippen molar-refractivity contribution in [2.75, 3.05) is 45.4 Å². The quantitative estimate of drug-likeness (QED) is 0.366. The molecule has 6 nitrogen and oxygen atoms in total. The van der Waals surface area contributed by atoms with Gasteiger partial charge in [0.15, 0.2) is 5.96 Å². The Balaban J connectivity index is 0.00000280. The minimum Gasteiger partial charge on any atom is -0.497 e. The molecule has 0 radical (unpaired) electrons. The summed E-state index contributed by atoms with van der Waals surface area (Å²) < 4.78 is 10.7. The van der Waals surface area contributed by atoms with E-state index in [0.717, 1.165) is 44.6 Å². The van der Waals surface area contributed by atoms with Crippen molar-refractivity contribution >= 4 is 35.6 Å². The van der Waals surface area contributed by atoms with Crippen molar-refractivity contribution in [3.63, 3.8) is 0 Å². The van der Waals surface area contributed by atoms with Crippen molar-refractivity contribution in [3.8, 4) is 5.75 Å². The largest absolute Gasteiger partial charge is 0.497 e.